The van der Waals surface area contributed by atoms with Gasteiger partial charge in [-0.05, 0) is 37.7 Å². The Morgan fingerprint density at radius 1 is 1.23 bits per heavy atom. The highest BCUT2D eigenvalue weighted by Crippen LogP contribution is 2.45. The van der Waals surface area contributed by atoms with E-state index in [9.17, 15) is 18.4 Å². The summed E-state index contributed by atoms with van der Waals surface area (Å²) >= 11 is 0. The highest BCUT2D eigenvalue weighted by molar-refractivity contribution is 5.93. The number of pyridine rings is 1. The standard InChI is InChI=1S/C16H13F2NO3/c17-11-5-9-14(13(18)12(11)7-1-2-7)19(8-3-4-8)6-10(15(9)20)16(21)22/h5-8H,1-4H2,(H,21,22). The van der Waals surface area contributed by atoms with Crippen molar-refractivity contribution in [2.24, 2.45) is 0 Å². The van der Waals surface area contributed by atoms with E-state index in [0.29, 0.717) is 0 Å². The smallest absolute Gasteiger partial charge is 0.341 e. The van der Waals surface area contributed by atoms with E-state index in [1.807, 2.05) is 0 Å². The SMILES string of the molecule is O=C(O)c1cn(C2CC2)c2c(F)c(C3CC3)c(F)cc2c1=O. The fraction of sp³-hybridized carbons (Fsp3) is 0.375. The minimum Gasteiger partial charge on any atom is -0.477 e. The van der Waals surface area contributed by atoms with Gasteiger partial charge in [-0.2, -0.15) is 0 Å². The molecule has 2 saturated carbocycles. The van der Waals surface area contributed by atoms with E-state index in [0.717, 1.165) is 31.7 Å². The molecule has 1 heterocycles. The quantitative estimate of drug-likeness (QED) is 0.947. The lowest BCUT2D eigenvalue weighted by atomic mass is 10.0. The van der Waals surface area contributed by atoms with Crippen molar-refractivity contribution >= 4 is 16.9 Å². The molecular weight excluding hydrogens is 292 g/mol. The average Bonchev–Trinajstić information content (AvgIpc) is 3.33. The van der Waals surface area contributed by atoms with Crippen LogP contribution in [-0.4, -0.2) is 15.6 Å². The van der Waals surface area contributed by atoms with Crippen LogP contribution in [0.1, 0.15) is 53.6 Å². The molecule has 0 radical (unpaired) electrons. The third kappa shape index (κ3) is 1.86. The van der Waals surface area contributed by atoms with Crippen molar-refractivity contribution in [3.05, 3.63) is 45.2 Å². The van der Waals surface area contributed by atoms with Crippen LogP contribution in [0.2, 0.25) is 0 Å². The maximum atomic E-state index is 14.8. The summed E-state index contributed by atoms with van der Waals surface area (Å²) < 4.78 is 30.5. The zero-order valence-electron chi connectivity index (χ0n) is 11.6. The second-order valence-electron chi connectivity index (χ2n) is 6.07. The number of benzene rings is 1. The van der Waals surface area contributed by atoms with Gasteiger partial charge in [0, 0.05) is 17.8 Å². The first kappa shape index (κ1) is 13.4. The van der Waals surface area contributed by atoms with E-state index in [-0.39, 0.29) is 28.4 Å². The maximum absolute atomic E-state index is 14.8. The molecule has 0 bridgehead atoms. The Morgan fingerprint density at radius 2 is 1.91 bits per heavy atom. The lowest BCUT2D eigenvalue weighted by Gasteiger charge is -2.15. The Hall–Kier alpha value is -2.24. The van der Waals surface area contributed by atoms with E-state index in [2.05, 4.69) is 0 Å². The maximum Gasteiger partial charge on any atom is 0.341 e. The van der Waals surface area contributed by atoms with E-state index in [1.54, 1.807) is 0 Å². The van der Waals surface area contributed by atoms with Gasteiger partial charge in [0.25, 0.3) is 0 Å². The van der Waals surface area contributed by atoms with Crippen LogP contribution in [0.25, 0.3) is 10.9 Å². The first-order valence-electron chi connectivity index (χ1n) is 7.29. The zero-order valence-corrected chi connectivity index (χ0v) is 11.6. The van der Waals surface area contributed by atoms with Gasteiger partial charge in [-0.15, -0.1) is 0 Å². The van der Waals surface area contributed by atoms with Gasteiger partial charge < -0.3 is 9.67 Å². The minimum atomic E-state index is -1.38. The van der Waals surface area contributed by atoms with Crippen LogP contribution in [0.3, 0.4) is 0 Å². The van der Waals surface area contributed by atoms with Crippen LogP contribution >= 0.6 is 0 Å². The van der Waals surface area contributed by atoms with Crippen molar-refractivity contribution in [3.8, 4) is 0 Å². The van der Waals surface area contributed by atoms with Gasteiger partial charge in [-0.1, -0.05) is 0 Å². The molecule has 4 nitrogen and oxygen atoms in total. The molecule has 2 aliphatic rings. The summed E-state index contributed by atoms with van der Waals surface area (Å²) in [5, 5.41) is 8.95. The first-order valence-corrected chi connectivity index (χ1v) is 7.29. The van der Waals surface area contributed by atoms with Crippen LogP contribution in [0.4, 0.5) is 8.78 Å². The monoisotopic (exact) mass is 305 g/mol. The number of fused-ring (bicyclic) bond motifs is 1. The highest BCUT2D eigenvalue weighted by Gasteiger charge is 2.34. The number of aromatic carboxylic acids is 1. The third-order valence-corrected chi connectivity index (χ3v) is 4.40. The first-order chi connectivity index (χ1) is 10.5. The molecule has 0 aliphatic heterocycles. The fourth-order valence-corrected chi connectivity index (χ4v) is 3.00. The molecule has 22 heavy (non-hydrogen) atoms. The second kappa shape index (κ2) is 4.38. The molecule has 114 valence electrons. The van der Waals surface area contributed by atoms with E-state index in [1.165, 1.54) is 10.8 Å². The molecule has 2 aliphatic carbocycles. The Bertz CT molecular complexity index is 879. The second-order valence-corrected chi connectivity index (χ2v) is 6.07. The number of halogens is 2. The van der Waals surface area contributed by atoms with Crippen molar-refractivity contribution in [1.29, 1.82) is 0 Å². The summed E-state index contributed by atoms with van der Waals surface area (Å²) in [5.41, 5.74) is -1.21. The summed E-state index contributed by atoms with van der Waals surface area (Å²) in [4.78, 5) is 23.5. The van der Waals surface area contributed by atoms with Gasteiger partial charge in [0.05, 0.1) is 10.9 Å². The molecule has 0 atom stereocenters. The number of carboxylic acid groups (broad SMARTS) is 1. The van der Waals surface area contributed by atoms with Crippen LogP contribution in [0, 0.1) is 11.6 Å². The molecule has 0 spiro atoms. The van der Waals surface area contributed by atoms with E-state index >= 15 is 0 Å². The predicted molar refractivity (Wildman–Crippen MR) is 75.3 cm³/mol. The molecule has 1 aromatic heterocycles. The van der Waals surface area contributed by atoms with Gasteiger partial charge in [0.15, 0.2) is 5.82 Å². The number of hydrogen-bond donors (Lipinski definition) is 1. The zero-order chi connectivity index (χ0) is 15.6. The molecule has 2 fully saturated rings. The number of carbonyl (C=O) groups is 1. The number of rotatable bonds is 3. The molecule has 0 unspecified atom stereocenters. The van der Waals surface area contributed by atoms with Crippen LogP contribution in [0.5, 0.6) is 0 Å². The largest absolute Gasteiger partial charge is 0.477 e. The number of aromatic nitrogens is 1. The Balaban J connectivity index is 2.14. The van der Waals surface area contributed by atoms with Gasteiger partial charge >= 0.3 is 5.97 Å². The molecule has 1 aromatic carbocycles. The lowest BCUT2D eigenvalue weighted by molar-refractivity contribution is 0.0695. The van der Waals surface area contributed by atoms with E-state index < -0.39 is 28.6 Å². The lowest BCUT2D eigenvalue weighted by Crippen LogP contribution is -2.20. The van der Waals surface area contributed by atoms with Crippen molar-refractivity contribution in [1.82, 2.24) is 4.57 Å². The van der Waals surface area contributed by atoms with Crippen molar-refractivity contribution < 1.29 is 18.7 Å². The Morgan fingerprint density at radius 3 is 2.45 bits per heavy atom. The van der Waals surface area contributed by atoms with Gasteiger partial charge in [0.2, 0.25) is 5.43 Å². The van der Waals surface area contributed by atoms with Gasteiger partial charge in [-0.3, -0.25) is 4.79 Å². The Labute approximate surface area is 124 Å². The fourth-order valence-electron chi connectivity index (χ4n) is 3.00. The van der Waals surface area contributed by atoms with Crippen molar-refractivity contribution in [3.63, 3.8) is 0 Å². The molecular formula is C16H13F2NO3. The molecule has 2 aromatic rings. The van der Waals surface area contributed by atoms with Crippen molar-refractivity contribution in [2.45, 2.75) is 37.6 Å². The molecule has 0 saturated heterocycles. The van der Waals surface area contributed by atoms with Gasteiger partial charge in [-0.25, -0.2) is 13.6 Å². The highest BCUT2D eigenvalue weighted by atomic mass is 19.1. The van der Waals surface area contributed by atoms with Crippen LogP contribution < -0.4 is 5.43 Å². The van der Waals surface area contributed by atoms with Crippen LogP contribution in [0.15, 0.2) is 17.1 Å². The summed E-state index contributed by atoms with van der Waals surface area (Å²) in [5.74, 6) is -2.98. The topological polar surface area (TPSA) is 59.3 Å². The third-order valence-electron chi connectivity index (χ3n) is 4.40. The van der Waals surface area contributed by atoms with Crippen molar-refractivity contribution in [2.75, 3.05) is 0 Å². The normalized spacial score (nSPS) is 17.9. The van der Waals surface area contributed by atoms with Crippen LogP contribution in [-0.2, 0) is 0 Å². The summed E-state index contributed by atoms with van der Waals surface area (Å²) in [7, 11) is 0. The molecule has 0 amide bonds. The molecule has 6 heteroatoms. The number of hydrogen-bond acceptors (Lipinski definition) is 2. The minimum absolute atomic E-state index is 0.0202. The predicted octanol–water partition coefficient (Wildman–Crippen LogP) is 3.19. The Kier molecular flexibility index (Phi) is 2.67. The number of nitrogens with zero attached hydrogens (tertiary/aromatic N) is 1. The van der Waals surface area contributed by atoms with E-state index in [4.69, 9.17) is 5.11 Å². The summed E-state index contributed by atoms with van der Waals surface area (Å²) in [6, 6.07) is 0.980. The van der Waals surface area contributed by atoms with Gasteiger partial charge in [0.1, 0.15) is 11.4 Å². The number of carboxylic acids is 1. The summed E-state index contributed by atoms with van der Waals surface area (Å²) in [6.07, 6.45) is 4.27. The summed E-state index contributed by atoms with van der Waals surface area (Å²) in [6.45, 7) is 0. The molecule has 1 N–H and O–H groups in total. The average molecular weight is 305 g/mol. The molecule has 4 rings (SSSR count).